The third kappa shape index (κ3) is 3.80. The van der Waals surface area contributed by atoms with Crippen LogP contribution in [0, 0.1) is 18.3 Å². The molecule has 0 aromatic heterocycles. The standard InChI is InChI=1S/C11H13BrN2O2S/c1-8-7-10(3-4-11(8)12)17(15,16)14-9(2)5-6-13/h3-4,7,9,14H,5H2,1-2H3. The summed E-state index contributed by atoms with van der Waals surface area (Å²) in [5, 5.41) is 8.49. The number of rotatable bonds is 4. The van der Waals surface area contributed by atoms with Crippen LogP contribution in [-0.2, 0) is 10.0 Å². The molecular formula is C11H13BrN2O2S. The van der Waals surface area contributed by atoms with Crippen LogP contribution in [0.1, 0.15) is 18.9 Å². The number of nitrogens with one attached hydrogen (secondary N) is 1. The van der Waals surface area contributed by atoms with E-state index in [1.165, 1.54) is 6.07 Å². The first kappa shape index (κ1) is 14.2. The summed E-state index contributed by atoms with van der Waals surface area (Å²) < 4.78 is 27.2. The largest absolute Gasteiger partial charge is 0.240 e. The lowest BCUT2D eigenvalue weighted by atomic mass is 10.2. The van der Waals surface area contributed by atoms with E-state index in [-0.39, 0.29) is 11.3 Å². The average molecular weight is 317 g/mol. The fourth-order valence-corrected chi connectivity index (χ4v) is 2.87. The molecule has 0 saturated heterocycles. The van der Waals surface area contributed by atoms with E-state index < -0.39 is 16.1 Å². The first-order valence-electron chi connectivity index (χ1n) is 5.02. The van der Waals surface area contributed by atoms with Gasteiger partial charge in [-0.3, -0.25) is 0 Å². The molecule has 1 unspecified atom stereocenters. The van der Waals surface area contributed by atoms with Crippen molar-refractivity contribution < 1.29 is 8.42 Å². The third-order valence-electron chi connectivity index (χ3n) is 2.19. The maximum Gasteiger partial charge on any atom is 0.240 e. The fourth-order valence-electron chi connectivity index (χ4n) is 1.30. The third-order valence-corrected chi connectivity index (χ3v) is 4.67. The van der Waals surface area contributed by atoms with Crippen LogP contribution in [0.25, 0.3) is 0 Å². The van der Waals surface area contributed by atoms with Gasteiger partial charge in [-0.15, -0.1) is 0 Å². The first-order valence-corrected chi connectivity index (χ1v) is 7.30. The number of aryl methyl sites for hydroxylation is 1. The van der Waals surface area contributed by atoms with Gasteiger partial charge < -0.3 is 0 Å². The topological polar surface area (TPSA) is 70.0 Å². The lowest BCUT2D eigenvalue weighted by molar-refractivity contribution is 0.563. The van der Waals surface area contributed by atoms with Crippen LogP contribution in [0.3, 0.4) is 0 Å². The summed E-state index contributed by atoms with van der Waals surface area (Å²) in [6.07, 6.45) is 0.148. The minimum absolute atomic E-state index is 0.148. The number of sulfonamides is 1. The predicted molar refractivity (Wildman–Crippen MR) is 68.9 cm³/mol. The number of benzene rings is 1. The molecule has 0 bridgehead atoms. The lowest BCUT2D eigenvalue weighted by Gasteiger charge is -2.11. The normalized spacial score (nSPS) is 13.1. The van der Waals surface area contributed by atoms with Crippen molar-refractivity contribution in [1.82, 2.24) is 4.72 Å². The van der Waals surface area contributed by atoms with Crippen LogP contribution in [-0.4, -0.2) is 14.5 Å². The number of nitrogens with zero attached hydrogens (tertiary/aromatic N) is 1. The van der Waals surface area contributed by atoms with Gasteiger partial charge in [-0.2, -0.15) is 5.26 Å². The first-order chi connectivity index (χ1) is 7.86. The van der Waals surface area contributed by atoms with E-state index in [1.54, 1.807) is 19.1 Å². The van der Waals surface area contributed by atoms with Gasteiger partial charge in [-0.1, -0.05) is 15.9 Å². The molecular weight excluding hydrogens is 304 g/mol. The Kier molecular flexibility index (Phi) is 4.69. The van der Waals surface area contributed by atoms with Gasteiger partial charge >= 0.3 is 0 Å². The maximum absolute atomic E-state index is 11.9. The number of halogens is 1. The molecule has 0 saturated carbocycles. The summed E-state index contributed by atoms with van der Waals surface area (Å²) in [5.41, 5.74) is 0.848. The van der Waals surface area contributed by atoms with E-state index in [0.717, 1.165) is 10.0 Å². The molecule has 0 radical (unpaired) electrons. The molecule has 0 amide bonds. The highest BCUT2D eigenvalue weighted by Gasteiger charge is 2.17. The van der Waals surface area contributed by atoms with Gasteiger partial charge in [0.15, 0.2) is 0 Å². The van der Waals surface area contributed by atoms with Crippen LogP contribution in [0.15, 0.2) is 27.6 Å². The van der Waals surface area contributed by atoms with E-state index in [2.05, 4.69) is 20.7 Å². The highest BCUT2D eigenvalue weighted by Crippen LogP contribution is 2.20. The van der Waals surface area contributed by atoms with Crippen molar-refractivity contribution in [3.05, 3.63) is 28.2 Å². The molecule has 0 heterocycles. The summed E-state index contributed by atoms with van der Waals surface area (Å²) in [6, 6.07) is 6.34. The zero-order valence-corrected chi connectivity index (χ0v) is 12.0. The van der Waals surface area contributed by atoms with Gasteiger partial charge in [0.1, 0.15) is 0 Å². The molecule has 0 fully saturated rings. The Morgan fingerprint density at radius 1 is 1.53 bits per heavy atom. The summed E-state index contributed by atoms with van der Waals surface area (Å²) in [5.74, 6) is 0. The highest BCUT2D eigenvalue weighted by atomic mass is 79.9. The molecule has 1 rings (SSSR count). The van der Waals surface area contributed by atoms with Crippen molar-refractivity contribution in [2.75, 3.05) is 0 Å². The molecule has 0 aliphatic carbocycles. The molecule has 6 heteroatoms. The van der Waals surface area contributed by atoms with Gasteiger partial charge in [0, 0.05) is 10.5 Å². The van der Waals surface area contributed by atoms with Gasteiger partial charge in [0.05, 0.1) is 17.4 Å². The van der Waals surface area contributed by atoms with Crippen molar-refractivity contribution in [3.8, 4) is 6.07 Å². The zero-order chi connectivity index (χ0) is 13.1. The summed E-state index contributed by atoms with van der Waals surface area (Å²) in [7, 11) is -3.54. The molecule has 0 spiro atoms. The Labute approximate surface area is 110 Å². The molecule has 0 aliphatic heterocycles. The second-order valence-electron chi connectivity index (χ2n) is 3.80. The SMILES string of the molecule is Cc1cc(S(=O)(=O)NC(C)CC#N)ccc1Br. The number of nitriles is 1. The van der Waals surface area contributed by atoms with Crippen molar-refractivity contribution >= 4 is 26.0 Å². The number of hydrogen-bond donors (Lipinski definition) is 1. The molecule has 0 aliphatic rings. The minimum atomic E-state index is -3.54. The van der Waals surface area contributed by atoms with Crippen molar-refractivity contribution in [2.24, 2.45) is 0 Å². The van der Waals surface area contributed by atoms with Crippen molar-refractivity contribution in [3.63, 3.8) is 0 Å². The van der Waals surface area contributed by atoms with Gasteiger partial charge in [-0.05, 0) is 37.6 Å². The van der Waals surface area contributed by atoms with E-state index in [0.29, 0.717) is 0 Å². The summed E-state index contributed by atoms with van der Waals surface area (Å²) >= 11 is 3.31. The molecule has 4 nitrogen and oxygen atoms in total. The molecule has 1 N–H and O–H groups in total. The summed E-state index contributed by atoms with van der Waals surface area (Å²) in [6.45, 7) is 3.48. The van der Waals surface area contributed by atoms with Crippen LogP contribution >= 0.6 is 15.9 Å². The monoisotopic (exact) mass is 316 g/mol. The van der Waals surface area contributed by atoms with Gasteiger partial charge in [0.2, 0.25) is 10.0 Å². The van der Waals surface area contributed by atoms with Crippen LogP contribution < -0.4 is 4.72 Å². The second-order valence-corrected chi connectivity index (χ2v) is 6.36. The fraction of sp³-hybridized carbons (Fsp3) is 0.364. The highest BCUT2D eigenvalue weighted by molar-refractivity contribution is 9.10. The van der Waals surface area contributed by atoms with Crippen LogP contribution in [0.2, 0.25) is 0 Å². The molecule has 1 aromatic rings. The Balaban J connectivity index is 2.98. The lowest BCUT2D eigenvalue weighted by Crippen LogP contribution is -2.32. The predicted octanol–water partition coefficient (Wildman–Crippen LogP) is 2.34. The minimum Gasteiger partial charge on any atom is -0.207 e. The van der Waals surface area contributed by atoms with Gasteiger partial charge in [-0.25, -0.2) is 13.1 Å². The molecule has 1 aromatic carbocycles. The van der Waals surface area contributed by atoms with Crippen molar-refractivity contribution in [1.29, 1.82) is 5.26 Å². The maximum atomic E-state index is 11.9. The Morgan fingerprint density at radius 2 is 2.18 bits per heavy atom. The number of hydrogen-bond acceptors (Lipinski definition) is 3. The zero-order valence-electron chi connectivity index (χ0n) is 9.57. The smallest absolute Gasteiger partial charge is 0.207 e. The Morgan fingerprint density at radius 3 is 2.71 bits per heavy atom. The molecule has 1 atom stereocenters. The average Bonchev–Trinajstić information content (AvgIpc) is 2.21. The van der Waals surface area contributed by atoms with Crippen LogP contribution in [0.5, 0.6) is 0 Å². The van der Waals surface area contributed by atoms with Gasteiger partial charge in [0.25, 0.3) is 0 Å². The summed E-state index contributed by atoms with van der Waals surface area (Å²) in [4.78, 5) is 0.211. The Hall–Kier alpha value is -0.900. The van der Waals surface area contributed by atoms with E-state index in [1.807, 2.05) is 13.0 Å². The van der Waals surface area contributed by atoms with E-state index in [9.17, 15) is 8.42 Å². The second kappa shape index (κ2) is 5.63. The molecule has 17 heavy (non-hydrogen) atoms. The molecule has 92 valence electrons. The van der Waals surface area contributed by atoms with E-state index >= 15 is 0 Å². The van der Waals surface area contributed by atoms with Crippen LogP contribution in [0.4, 0.5) is 0 Å². The van der Waals surface area contributed by atoms with Crippen molar-refractivity contribution in [2.45, 2.75) is 31.2 Å². The Bertz CT molecular complexity index is 549. The quantitative estimate of drug-likeness (QED) is 0.926. The van der Waals surface area contributed by atoms with E-state index in [4.69, 9.17) is 5.26 Å².